The molecule has 0 amide bonds. The molecule has 0 radical (unpaired) electrons. The Kier molecular flexibility index (Phi) is 23.0. The molecular formula is C24H46N4O2Zn2-2. The van der Waals surface area contributed by atoms with Gasteiger partial charge in [-0.1, -0.05) is 53.7 Å². The molecule has 6 nitrogen and oxygen atoms in total. The largest absolute Gasteiger partial charge is 0.670 e. The van der Waals surface area contributed by atoms with Crippen LogP contribution in [0.1, 0.15) is 72.1 Å². The van der Waals surface area contributed by atoms with Crippen LogP contribution in [0.3, 0.4) is 0 Å². The molecule has 1 aromatic rings. The number of phenolic OH excluding ortho intramolecular Hbond substituents is 1. The van der Waals surface area contributed by atoms with Gasteiger partial charge in [-0.2, -0.15) is 6.92 Å². The fourth-order valence-electron chi connectivity index (χ4n) is 2.62. The molecular weight excluding hydrogens is 507 g/mol. The molecule has 1 N–H and O–H groups in total. The average Bonchev–Trinajstić information content (AvgIpc) is 2.62. The van der Waals surface area contributed by atoms with Crippen LogP contribution in [-0.2, 0) is 61.2 Å². The van der Waals surface area contributed by atoms with Gasteiger partial charge in [0.25, 0.3) is 0 Å². The first kappa shape index (κ1) is 38.8. The van der Waals surface area contributed by atoms with Gasteiger partial charge in [-0.05, 0) is 50.0 Å². The summed E-state index contributed by atoms with van der Waals surface area (Å²) in [6.07, 6.45) is 0. The number of hydrogen-bond acceptors (Lipinski definition) is 5. The van der Waals surface area contributed by atoms with Gasteiger partial charge in [-0.25, -0.2) is 5.28 Å². The minimum atomic E-state index is -0.0672. The third-order valence-corrected chi connectivity index (χ3v) is 4.42. The molecule has 32 heavy (non-hydrogen) atoms. The molecule has 1 rings (SSSR count). The Morgan fingerprint density at radius 3 is 1.78 bits per heavy atom. The van der Waals surface area contributed by atoms with Crippen molar-refractivity contribution in [1.82, 2.24) is 9.80 Å². The van der Waals surface area contributed by atoms with Gasteiger partial charge in [0.1, 0.15) is 12.4 Å². The van der Waals surface area contributed by atoms with E-state index in [9.17, 15) is 5.11 Å². The van der Waals surface area contributed by atoms with Gasteiger partial charge in [0.2, 0.25) is 0 Å². The van der Waals surface area contributed by atoms with Gasteiger partial charge in [0.15, 0.2) is 0 Å². The normalized spacial score (nSPS) is 10.7. The van der Waals surface area contributed by atoms with Crippen molar-refractivity contribution >= 4 is 0 Å². The first-order valence-corrected chi connectivity index (χ1v) is 10.6. The van der Waals surface area contributed by atoms with Crippen LogP contribution < -0.4 is 0 Å². The summed E-state index contributed by atoms with van der Waals surface area (Å²) in [5, 5.41) is 13.2. The topological polar surface area (TPSA) is 70.6 Å². The van der Waals surface area contributed by atoms with Gasteiger partial charge >= 0.3 is 0 Å². The van der Waals surface area contributed by atoms with Crippen molar-refractivity contribution in [3.63, 3.8) is 0 Å². The second-order valence-corrected chi connectivity index (χ2v) is 9.57. The Morgan fingerprint density at radius 1 is 0.969 bits per heavy atom. The summed E-state index contributed by atoms with van der Waals surface area (Å²) in [5.74, 6) is 0.460. The van der Waals surface area contributed by atoms with Crippen LogP contribution in [-0.4, -0.2) is 55.7 Å². The molecule has 0 unspecified atom stereocenters. The number of rotatable bonds is 7. The third kappa shape index (κ3) is 16.2. The van der Waals surface area contributed by atoms with Gasteiger partial charge < -0.3 is 32.2 Å². The molecule has 0 aromatic heterocycles. The second kappa shape index (κ2) is 19.0. The van der Waals surface area contributed by atoms with Gasteiger partial charge in [0, 0.05) is 64.2 Å². The number of benzene rings is 1. The minimum absolute atomic E-state index is 0. The van der Waals surface area contributed by atoms with E-state index in [1.807, 2.05) is 0 Å². The van der Waals surface area contributed by atoms with Crippen LogP contribution in [0.25, 0.3) is 5.53 Å². The first-order chi connectivity index (χ1) is 13.7. The number of nitrogens with zero attached hydrogens (tertiary/aromatic N) is 4. The van der Waals surface area contributed by atoms with Gasteiger partial charge in [-0.3, -0.25) is 0 Å². The zero-order valence-corrected chi connectivity index (χ0v) is 28.7. The standard InChI is InChI=1S/C20H36N2O.C2H5N2O.C2H5.2Zn/c1-19(2,3)16-12-15(14-22(9)11-10-21(7)8)18(23)17(13-16)20(4,5)6;1-2-5-4-3;1-2;;/h12-13,23H,10-11,14H2,1-9H3;2H2,1H3;1H2,2H3;;/q;2*-1;;. The molecule has 0 fully saturated rings. The summed E-state index contributed by atoms with van der Waals surface area (Å²) in [6.45, 7) is 23.1. The summed E-state index contributed by atoms with van der Waals surface area (Å²) in [5.41, 5.74) is 10.8. The molecule has 0 heterocycles. The molecule has 0 aliphatic heterocycles. The van der Waals surface area contributed by atoms with Crippen molar-refractivity contribution in [3.8, 4) is 5.75 Å². The molecule has 0 aliphatic rings. The Hall–Kier alpha value is -0.413. The summed E-state index contributed by atoms with van der Waals surface area (Å²) in [6, 6.07) is 4.36. The second-order valence-electron chi connectivity index (χ2n) is 9.57. The van der Waals surface area contributed by atoms with E-state index < -0.39 is 0 Å². The van der Waals surface area contributed by atoms with Crippen LogP contribution in [0.5, 0.6) is 5.75 Å². The maximum atomic E-state index is 10.8. The summed E-state index contributed by atoms with van der Waals surface area (Å²) in [7, 11) is 6.29. The van der Waals surface area contributed by atoms with Crippen molar-refractivity contribution in [3.05, 3.63) is 41.3 Å². The molecule has 8 heteroatoms. The van der Waals surface area contributed by atoms with Crippen LogP contribution in [0.2, 0.25) is 0 Å². The summed E-state index contributed by atoms with van der Waals surface area (Å²) >= 11 is 0. The summed E-state index contributed by atoms with van der Waals surface area (Å²) < 4.78 is 0. The predicted molar refractivity (Wildman–Crippen MR) is 129 cm³/mol. The molecule has 0 saturated heterocycles. The van der Waals surface area contributed by atoms with Crippen LogP contribution in [0.15, 0.2) is 17.4 Å². The maximum absolute atomic E-state index is 10.8. The van der Waals surface area contributed by atoms with E-state index in [2.05, 4.69) is 102 Å². The number of phenols is 1. The van der Waals surface area contributed by atoms with Crippen LogP contribution in [0, 0.1) is 6.92 Å². The van der Waals surface area contributed by atoms with Gasteiger partial charge in [0.05, 0.1) is 0 Å². The quantitative estimate of drug-likeness (QED) is 0.201. The maximum Gasteiger partial charge on any atom is 0.123 e. The Bertz CT molecular complexity index is 613. The minimum Gasteiger partial charge on any atom is -0.670 e. The first-order valence-electron chi connectivity index (χ1n) is 10.6. The van der Waals surface area contributed by atoms with Crippen molar-refractivity contribution in [1.29, 1.82) is 0 Å². The number of hydrogen-bond donors (Lipinski definition) is 1. The van der Waals surface area contributed by atoms with E-state index in [1.54, 1.807) is 13.8 Å². The average molecular weight is 553 g/mol. The molecule has 180 valence electrons. The molecule has 0 saturated carbocycles. The van der Waals surface area contributed by atoms with Crippen LogP contribution >= 0.6 is 0 Å². The van der Waals surface area contributed by atoms with E-state index in [1.165, 1.54) is 5.56 Å². The zero-order valence-electron chi connectivity index (χ0n) is 22.7. The Morgan fingerprint density at radius 2 is 1.47 bits per heavy atom. The van der Waals surface area contributed by atoms with Crippen molar-refractivity contribution in [2.75, 3.05) is 40.8 Å². The molecule has 0 atom stereocenters. The van der Waals surface area contributed by atoms with E-state index >= 15 is 0 Å². The zero-order chi connectivity index (χ0) is 24.1. The smallest absolute Gasteiger partial charge is 0.123 e. The number of likely N-dealkylation sites (N-methyl/N-ethyl adjacent to an activating group) is 2. The Labute approximate surface area is 223 Å². The Balaban J connectivity index is -0.000000383. The fraction of sp³-hybridized carbons (Fsp3) is 0.708. The van der Waals surface area contributed by atoms with Crippen molar-refractivity contribution in [2.24, 2.45) is 5.28 Å². The monoisotopic (exact) mass is 550 g/mol. The summed E-state index contributed by atoms with van der Waals surface area (Å²) in [4.78, 5) is 8.47. The van der Waals surface area contributed by atoms with Crippen molar-refractivity contribution < 1.29 is 48.9 Å². The fourth-order valence-corrected chi connectivity index (χ4v) is 2.62. The van der Waals surface area contributed by atoms with E-state index in [0.717, 1.165) is 30.8 Å². The molecule has 0 aliphatic carbocycles. The van der Waals surface area contributed by atoms with Gasteiger partial charge in [-0.15, -0.1) is 0 Å². The SMILES string of the molecule is CCON=[N-].CN(C)CCN(C)Cc1cc(C(C)(C)C)cc(C(C)(C)C)c1O.[CH2-]C.[Zn].[Zn]. The third-order valence-electron chi connectivity index (χ3n) is 4.42. The van der Waals surface area contributed by atoms with Crippen LogP contribution in [0.4, 0.5) is 0 Å². The van der Waals surface area contributed by atoms with E-state index in [0.29, 0.717) is 12.4 Å². The molecule has 1 aromatic carbocycles. The predicted octanol–water partition coefficient (Wildman–Crippen LogP) is 5.78. The van der Waals surface area contributed by atoms with E-state index in [-0.39, 0.29) is 49.8 Å². The molecule has 0 bridgehead atoms. The van der Waals surface area contributed by atoms with Crippen molar-refractivity contribution in [2.45, 2.75) is 72.8 Å². The van der Waals surface area contributed by atoms with E-state index in [4.69, 9.17) is 5.53 Å². The number of aromatic hydroxyl groups is 1. The molecule has 0 spiro atoms.